The Balaban J connectivity index is 1.71. The quantitative estimate of drug-likeness (QED) is 0.422. The number of nitrogens with zero attached hydrogens (tertiary/aromatic N) is 3. The molecule has 184 valence electrons. The van der Waals surface area contributed by atoms with Crippen LogP contribution in [0.3, 0.4) is 0 Å². The molecule has 3 aromatic rings. The van der Waals surface area contributed by atoms with Gasteiger partial charge in [0.05, 0.1) is 32.4 Å². The van der Waals surface area contributed by atoms with Crippen LogP contribution in [0.25, 0.3) is 0 Å². The van der Waals surface area contributed by atoms with E-state index in [-0.39, 0.29) is 12.1 Å². The maximum atomic E-state index is 12.7. The summed E-state index contributed by atoms with van der Waals surface area (Å²) >= 11 is 0. The summed E-state index contributed by atoms with van der Waals surface area (Å²) in [5, 5.41) is 0. The lowest BCUT2D eigenvalue weighted by Gasteiger charge is -2.26. The van der Waals surface area contributed by atoms with Crippen LogP contribution >= 0.6 is 0 Å². The monoisotopic (exact) mass is 477 g/mol. The van der Waals surface area contributed by atoms with E-state index in [1.165, 1.54) is 0 Å². The van der Waals surface area contributed by atoms with Gasteiger partial charge in [0.2, 0.25) is 0 Å². The molecule has 4 rings (SSSR count). The third-order valence-corrected chi connectivity index (χ3v) is 5.33. The van der Waals surface area contributed by atoms with E-state index in [4.69, 9.17) is 23.9 Å². The summed E-state index contributed by atoms with van der Waals surface area (Å²) in [6.45, 7) is 7.21. The van der Waals surface area contributed by atoms with Crippen molar-refractivity contribution < 1.29 is 23.7 Å². The van der Waals surface area contributed by atoms with E-state index in [2.05, 4.69) is 4.98 Å². The fourth-order valence-corrected chi connectivity index (χ4v) is 3.69. The summed E-state index contributed by atoms with van der Waals surface area (Å²) in [5.74, 6) is 1.21. The average Bonchev–Trinajstić information content (AvgIpc) is 3.35. The van der Waals surface area contributed by atoms with Crippen LogP contribution in [-0.4, -0.2) is 48.0 Å². The molecule has 1 atom stereocenters. The number of carbonyl (C=O) groups is 1. The molecule has 1 fully saturated rings. The molecule has 0 bridgehead atoms. The molecule has 1 unspecified atom stereocenters. The number of pyridine rings is 2. The fraction of sp³-hybridized carbons (Fsp3) is 0.370. The Hall–Kier alpha value is -3.65. The van der Waals surface area contributed by atoms with Gasteiger partial charge in [0.15, 0.2) is 5.75 Å². The summed E-state index contributed by atoms with van der Waals surface area (Å²) in [7, 11) is 1.59. The zero-order valence-corrected chi connectivity index (χ0v) is 20.6. The second kappa shape index (κ2) is 10.7. The van der Waals surface area contributed by atoms with Gasteiger partial charge >= 0.3 is 5.97 Å². The van der Waals surface area contributed by atoms with E-state index in [1.807, 2.05) is 74.3 Å². The van der Waals surface area contributed by atoms with Crippen molar-refractivity contribution in [3.05, 3.63) is 72.1 Å². The van der Waals surface area contributed by atoms with Crippen LogP contribution in [0.2, 0.25) is 0 Å². The summed E-state index contributed by atoms with van der Waals surface area (Å²) in [4.78, 5) is 23.8. The maximum absolute atomic E-state index is 12.7. The molecule has 1 aromatic carbocycles. The summed E-state index contributed by atoms with van der Waals surface area (Å²) < 4.78 is 22.6. The second-order valence-electron chi connectivity index (χ2n) is 9.28. The molecule has 1 saturated heterocycles. The van der Waals surface area contributed by atoms with Crippen LogP contribution in [-0.2, 0) is 16.0 Å². The lowest BCUT2D eigenvalue weighted by Crippen LogP contribution is -2.24. The number of carbonyl (C=O) groups excluding carboxylic acids is 1. The largest absolute Gasteiger partial charge is 0.491 e. The Morgan fingerprint density at radius 2 is 2.03 bits per heavy atom. The topological polar surface area (TPSA) is 83.0 Å². The van der Waals surface area contributed by atoms with E-state index in [0.717, 1.165) is 17.7 Å². The third kappa shape index (κ3) is 6.48. The van der Waals surface area contributed by atoms with Crippen LogP contribution in [0, 0.1) is 0 Å². The first-order chi connectivity index (χ1) is 16.8. The number of benzene rings is 1. The van der Waals surface area contributed by atoms with Gasteiger partial charge in [-0.15, -0.1) is 0 Å². The molecule has 2 aromatic heterocycles. The van der Waals surface area contributed by atoms with Crippen LogP contribution in [0.5, 0.6) is 11.6 Å². The molecule has 0 aliphatic carbocycles. The average molecular weight is 478 g/mol. The van der Waals surface area contributed by atoms with Crippen molar-refractivity contribution in [1.29, 1.82) is 0 Å². The first-order valence-corrected chi connectivity index (χ1v) is 11.6. The van der Waals surface area contributed by atoms with E-state index < -0.39 is 5.60 Å². The van der Waals surface area contributed by atoms with E-state index in [9.17, 15) is 4.79 Å². The number of methoxy groups -OCH3 is 1. The van der Waals surface area contributed by atoms with Gasteiger partial charge in [-0.3, -0.25) is 4.98 Å². The first kappa shape index (κ1) is 24.5. The van der Waals surface area contributed by atoms with E-state index >= 15 is 0 Å². The molecule has 1 aliphatic rings. The van der Waals surface area contributed by atoms with Crippen LogP contribution in [0.4, 0.5) is 11.5 Å². The van der Waals surface area contributed by atoms with Gasteiger partial charge in [-0.05, 0) is 62.7 Å². The molecule has 0 radical (unpaired) electrons. The van der Waals surface area contributed by atoms with Crippen molar-refractivity contribution in [1.82, 2.24) is 9.97 Å². The van der Waals surface area contributed by atoms with Crippen LogP contribution < -0.4 is 14.4 Å². The zero-order valence-electron chi connectivity index (χ0n) is 20.6. The van der Waals surface area contributed by atoms with E-state index in [1.54, 1.807) is 19.4 Å². The number of hydrogen-bond acceptors (Lipinski definition) is 8. The van der Waals surface area contributed by atoms with Crippen molar-refractivity contribution in [2.45, 2.75) is 45.4 Å². The Bertz CT molecular complexity index is 1140. The molecule has 1 aliphatic heterocycles. The minimum absolute atomic E-state index is 0.0751. The molecular weight excluding hydrogens is 446 g/mol. The lowest BCUT2D eigenvalue weighted by molar-refractivity contribution is 0.00695. The maximum Gasteiger partial charge on any atom is 0.338 e. The fourth-order valence-electron chi connectivity index (χ4n) is 3.69. The van der Waals surface area contributed by atoms with Gasteiger partial charge in [-0.2, -0.15) is 4.98 Å². The third-order valence-electron chi connectivity index (χ3n) is 5.33. The van der Waals surface area contributed by atoms with Gasteiger partial charge in [-0.1, -0.05) is 12.1 Å². The van der Waals surface area contributed by atoms with Gasteiger partial charge in [0.25, 0.3) is 5.88 Å². The van der Waals surface area contributed by atoms with E-state index in [0.29, 0.717) is 42.8 Å². The van der Waals surface area contributed by atoms with Crippen molar-refractivity contribution in [2.75, 3.05) is 25.2 Å². The molecule has 35 heavy (non-hydrogen) atoms. The highest BCUT2D eigenvalue weighted by Gasteiger charge is 2.23. The first-order valence-electron chi connectivity index (χ1n) is 11.6. The van der Waals surface area contributed by atoms with Crippen LogP contribution in [0.15, 0.2) is 60.9 Å². The Morgan fingerprint density at radius 3 is 2.71 bits per heavy atom. The molecule has 0 amide bonds. The molecular formula is C27H31N3O5. The smallest absolute Gasteiger partial charge is 0.338 e. The highest BCUT2D eigenvalue weighted by atomic mass is 16.6. The normalized spacial score (nSPS) is 15.5. The summed E-state index contributed by atoms with van der Waals surface area (Å²) in [5.41, 5.74) is 1.64. The Kier molecular flexibility index (Phi) is 7.51. The van der Waals surface area contributed by atoms with Gasteiger partial charge in [0.1, 0.15) is 17.5 Å². The number of anilines is 2. The van der Waals surface area contributed by atoms with Crippen LogP contribution in [0.1, 0.15) is 43.1 Å². The number of esters is 1. The molecule has 0 saturated carbocycles. The number of ether oxygens (including phenoxy) is 4. The molecule has 0 spiro atoms. The SMILES string of the molecule is COc1ccc(N(Cc2cccnc2)c2cccc(C(=O)OC(C)(C)C)c2)nc1OC1CCOC1. The summed E-state index contributed by atoms with van der Waals surface area (Å²) in [6.07, 6.45) is 4.26. The van der Waals surface area contributed by atoms with Gasteiger partial charge in [-0.25, -0.2) is 4.79 Å². The Morgan fingerprint density at radius 1 is 1.17 bits per heavy atom. The van der Waals surface area contributed by atoms with Gasteiger partial charge < -0.3 is 23.8 Å². The highest BCUT2D eigenvalue weighted by molar-refractivity contribution is 5.91. The number of aromatic nitrogens is 2. The highest BCUT2D eigenvalue weighted by Crippen LogP contribution is 2.34. The zero-order chi connectivity index (χ0) is 24.8. The van der Waals surface area contributed by atoms with Gasteiger partial charge in [0, 0.05) is 24.5 Å². The molecule has 3 heterocycles. The predicted octanol–water partition coefficient (Wildman–Crippen LogP) is 4.95. The molecule has 0 N–H and O–H groups in total. The minimum atomic E-state index is -0.587. The lowest BCUT2D eigenvalue weighted by atomic mass is 10.1. The van der Waals surface area contributed by atoms with Crippen molar-refractivity contribution in [3.63, 3.8) is 0 Å². The number of rotatable bonds is 8. The Labute approximate surface area is 205 Å². The second-order valence-corrected chi connectivity index (χ2v) is 9.28. The summed E-state index contributed by atoms with van der Waals surface area (Å²) in [6, 6.07) is 14.9. The van der Waals surface area contributed by atoms with Crippen molar-refractivity contribution >= 4 is 17.5 Å². The van der Waals surface area contributed by atoms with Crippen molar-refractivity contribution in [3.8, 4) is 11.6 Å². The molecule has 8 heteroatoms. The molecule has 8 nitrogen and oxygen atoms in total. The number of hydrogen-bond donors (Lipinski definition) is 0. The minimum Gasteiger partial charge on any atom is -0.491 e. The van der Waals surface area contributed by atoms with Crippen molar-refractivity contribution in [2.24, 2.45) is 0 Å². The predicted molar refractivity (Wildman–Crippen MR) is 132 cm³/mol. The standard InChI is InChI=1S/C27H31N3O5/c1-27(2,3)35-26(31)20-8-5-9-21(15-20)30(17-19-7-6-13-28-16-19)24-11-10-23(32-4)25(29-24)34-22-12-14-33-18-22/h5-11,13,15-16,22H,12,14,17-18H2,1-4H3.